The van der Waals surface area contributed by atoms with Crippen molar-refractivity contribution in [1.82, 2.24) is 10.3 Å². The van der Waals surface area contributed by atoms with Crippen LogP contribution >= 0.6 is 11.6 Å². The van der Waals surface area contributed by atoms with E-state index in [0.29, 0.717) is 17.3 Å². The number of para-hydroxylation sites is 1. The van der Waals surface area contributed by atoms with Crippen LogP contribution in [0.25, 0.3) is 0 Å². The van der Waals surface area contributed by atoms with Crippen LogP contribution in [0.2, 0.25) is 5.02 Å². The number of nitrogens with one attached hydrogen (secondary N) is 2. The van der Waals surface area contributed by atoms with E-state index in [1.54, 1.807) is 24.4 Å². The van der Waals surface area contributed by atoms with E-state index in [9.17, 15) is 4.79 Å². The molecule has 5 heteroatoms. The van der Waals surface area contributed by atoms with Crippen LogP contribution in [0.4, 0.5) is 11.4 Å². The maximum Gasteiger partial charge on any atom is 0.270 e. The first-order valence-electron chi connectivity index (χ1n) is 7.51. The monoisotopic (exact) mass is 337 g/mol. The van der Waals surface area contributed by atoms with Gasteiger partial charge >= 0.3 is 0 Å². The number of halogens is 1. The van der Waals surface area contributed by atoms with Crippen LogP contribution in [0.15, 0.2) is 72.9 Å². The van der Waals surface area contributed by atoms with Crippen molar-refractivity contribution in [3.8, 4) is 0 Å². The number of benzene rings is 2. The molecule has 0 aliphatic rings. The Bertz CT molecular complexity index is 802. The normalized spacial score (nSPS) is 10.2. The van der Waals surface area contributed by atoms with Gasteiger partial charge in [0.25, 0.3) is 5.91 Å². The molecule has 0 bridgehead atoms. The number of pyridine rings is 1. The fourth-order valence-electron chi connectivity index (χ4n) is 2.17. The van der Waals surface area contributed by atoms with Gasteiger partial charge in [0, 0.05) is 17.3 Å². The first-order valence-corrected chi connectivity index (χ1v) is 7.89. The third kappa shape index (κ3) is 4.33. The van der Waals surface area contributed by atoms with Crippen molar-refractivity contribution in [2.45, 2.75) is 6.54 Å². The lowest BCUT2D eigenvalue weighted by atomic mass is 10.2. The smallest absolute Gasteiger partial charge is 0.270 e. The standard InChI is InChI=1S/C19H16ClN3O/c20-15-8-6-14(7-9-15)12-22-19(24)18-11-10-17(13-21-18)23-16-4-2-1-3-5-16/h1-11,13,23H,12H2,(H,22,24). The number of hydrogen-bond donors (Lipinski definition) is 2. The molecule has 2 N–H and O–H groups in total. The van der Waals surface area contributed by atoms with E-state index in [1.165, 1.54) is 0 Å². The van der Waals surface area contributed by atoms with Crippen LogP contribution in [0, 0.1) is 0 Å². The predicted octanol–water partition coefficient (Wildman–Crippen LogP) is 4.41. The van der Waals surface area contributed by atoms with Gasteiger partial charge in [0.15, 0.2) is 0 Å². The average molecular weight is 338 g/mol. The highest BCUT2D eigenvalue weighted by atomic mass is 35.5. The summed E-state index contributed by atoms with van der Waals surface area (Å²) in [6, 6.07) is 20.7. The molecule has 0 aliphatic carbocycles. The summed E-state index contributed by atoms with van der Waals surface area (Å²) in [5.74, 6) is -0.212. The van der Waals surface area contributed by atoms with Gasteiger partial charge in [-0.15, -0.1) is 0 Å². The van der Waals surface area contributed by atoms with E-state index in [1.807, 2.05) is 48.5 Å². The molecule has 1 heterocycles. The van der Waals surface area contributed by atoms with Crippen LogP contribution in [-0.2, 0) is 6.54 Å². The molecule has 0 saturated heterocycles. The predicted molar refractivity (Wildman–Crippen MR) is 96.6 cm³/mol. The number of carbonyl (C=O) groups excluding carboxylic acids is 1. The Labute approximate surface area is 145 Å². The van der Waals surface area contributed by atoms with Crippen molar-refractivity contribution in [1.29, 1.82) is 0 Å². The number of nitrogens with zero attached hydrogens (tertiary/aromatic N) is 1. The van der Waals surface area contributed by atoms with Crippen LogP contribution in [0.3, 0.4) is 0 Å². The first kappa shape index (κ1) is 16.0. The summed E-state index contributed by atoms with van der Waals surface area (Å²) in [4.78, 5) is 16.3. The summed E-state index contributed by atoms with van der Waals surface area (Å²) in [6.45, 7) is 0.432. The minimum Gasteiger partial charge on any atom is -0.354 e. The van der Waals surface area contributed by atoms with Gasteiger partial charge < -0.3 is 10.6 Å². The molecule has 0 saturated carbocycles. The lowest BCUT2D eigenvalue weighted by Gasteiger charge is -2.08. The Balaban J connectivity index is 1.58. The summed E-state index contributed by atoms with van der Waals surface area (Å²) in [5, 5.41) is 6.74. The third-order valence-electron chi connectivity index (χ3n) is 3.42. The Morgan fingerprint density at radius 3 is 2.33 bits per heavy atom. The van der Waals surface area contributed by atoms with E-state index < -0.39 is 0 Å². The largest absolute Gasteiger partial charge is 0.354 e. The van der Waals surface area contributed by atoms with Crippen LogP contribution < -0.4 is 10.6 Å². The summed E-state index contributed by atoms with van der Waals surface area (Å²) in [7, 11) is 0. The third-order valence-corrected chi connectivity index (χ3v) is 3.68. The highest BCUT2D eigenvalue weighted by Gasteiger charge is 2.07. The fourth-order valence-corrected chi connectivity index (χ4v) is 2.29. The zero-order chi connectivity index (χ0) is 16.8. The fraction of sp³-hybridized carbons (Fsp3) is 0.0526. The van der Waals surface area contributed by atoms with E-state index >= 15 is 0 Å². The lowest BCUT2D eigenvalue weighted by molar-refractivity contribution is 0.0946. The Morgan fingerprint density at radius 1 is 0.917 bits per heavy atom. The van der Waals surface area contributed by atoms with Crippen LogP contribution in [0.5, 0.6) is 0 Å². The lowest BCUT2D eigenvalue weighted by Crippen LogP contribution is -2.23. The van der Waals surface area contributed by atoms with Crippen molar-refractivity contribution in [2.24, 2.45) is 0 Å². The molecule has 0 spiro atoms. The number of carbonyl (C=O) groups is 1. The Kier molecular flexibility index (Phi) is 5.08. The Hall–Kier alpha value is -2.85. The van der Waals surface area contributed by atoms with E-state index in [4.69, 9.17) is 11.6 Å². The molecule has 0 radical (unpaired) electrons. The van der Waals surface area contributed by atoms with E-state index in [2.05, 4.69) is 15.6 Å². The molecule has 3 aromatic rings. The van der Waals surface area contributed by atoms with Gasteiger partial charge in [-0.25, -0.2) is 4.98 Å². The van der Waals surface area contributed by atoms with Crippen molar-refractivity contribution in [2.75, 3.05) is 5.32 Å². The molecule has 3 rings (SSSR count). The van der Waals surface area contributed by atoms with Crippen molar-refractivity contribution in [3.63, 3.8) is 0 Å². The summed E-state index contributed by atoms with van der Waals surface area (Å²) in [5.41, 5.74) is 3.16. The molecular formula is C19H16ClN3O. The summed E-state index contributed by atoms with van der Waals surface area (Å²) >= 11 is 5.84. The molecule has 120 valence electrons. The van der Waals surface area contributed by atoms with Gasteiger partial charge in [-0.2, -0.15) is 0 Å². The van der Waals surface area contributed by atoms with E-state index in [-0.39, 0.29) is 5.91 Å². The zero-order valence-corrected chi connectivity index (χ0v) is 13.6. The summed E-state index contributed by atoms with van der Waals surface area (Å²) < 4.78 is 0. The molecule has 0 fully saturated rings. The molecule has 2 aromatic carbocycles. The highest BCUT2D eigenvalue weighted by Crippen LogP contribution is 2.15. The van der Waals surface area contributed by atoms with Gasteiger partial charge in [0.2, 0.25) is 0 Å². The number of rotatable bonds is 5. The first-order chi connectivity index (χ1) is 11.7. The van der Waals surface area contributed by atoms with Crippen molar-refractivity contribution in [3.05, 3.63) is 89.2 Å². The second-order valence-corrected chi connectivity index (χ2v) is 5.67. The molecular weight excluding hydrogens is 322 g/mol. The average Bonchev–Trinajstić information content (AvgIpc) is 2.62. The van der Waals surface area contributed by atoms with Gasteiger partial charge in [-0.05, 0) is 42.0 Å². The highest BCUT2D eigenvalue weighted by molar-refractivity contribution is 6.30. The van der Waals surface area contributed by atoms with Crippen LogP contribution in [-0.4, -0.2) is 10.9 Å². The van der Waals surface area contributed by atoms with Crippen LogP contribution in [0.1, 0.15) is 16.1 Å². The van der Waals surface area contributed by atoms with Gasteiger partial charge in [0.1, 0.15) is 5.69 Å². The van der Waals surface area contributed by atoms with Gasteiger partial charge in [-0.1, -0.05) is 41.9 Å². The number of anilines is 2. The maximum atomic E-state index is 12.1. The minimum atomic E-state index is -0.212. The second-order valence-electron chi connectivity index (χ2n) is 5.23. The maximum absolute atomic E-state index is 12.1. The number of aromatic nitrogens is 1. The Morgan fingerprint density at radius 2 is 1.67 bits per heavy atom. The molecule has 24 heavy (non-hydrogen) atoms. The zero-order valence-electron chi connectivity index (χ0n) is 12.9. The van der Waals surface area contributed by atoms with Crippen molar-refractivity contribution >= 4 is 28.9 Å². The molecule has 1 aromatic heterocycles. The van der Waals surface area contributed by atoms with E-state index in [0.717, 1.165) is 16.9 Å². The van der Waals surface area contributed by atoms with Gasteiger partial charge in [-0.3, -0.25) is 4.79 Å². The quantitative estimate of drug-likeness (QED) is 0.725. The van der Waals surface area contributed by atoms with Crippen molar-refractivity contribution < 1.29 is 4.79 Å². The topological polar surface area (TPSA) is 54.0 Å². The molecule has 0 atom stereocenters. The second kappa shape index (κ2) is 7.62. The molecule has 0 unspecified atom stereocenters. The summed E-state index contributed by atoms with van der Waals surface area (Å²) in [6.07, 6.45) is 1.64. The molecule has 1 amide bonds. The molecule has 0 aliphatic heterocycles. The number of amides is 1. The SMILES string of the molecule is O=C(NCc1ccc(Cl)cc1)c1ccc(Nc2ccccc2)cn1. The number of hydrogen-bond acceptors (Lipinski definition) is 3. The minimum absolute atomic E-state index is 0.212. The molecule has 4 nitrogen and oxygen atoms in total. The van der Waals surface area contributed by atoms with Gasteiger partial charge in [0.05, 0.1) is 11.9 Å².